The zero-order chi connectivity index (χ0) is 17.8. The Balaban J connectivity index is 1.54. The molecule has 0 bridgehead atoms. The third-order valence-electron chi connectivity index (χ3n) is 3.14. The molecule has 1 heterocycles. The second-order valence-corrected chi connectivity index (χ2v) is 6.58. The van der Waals surface area contributed by atoms with Crippen LogP contribution in [0.5, 0.6) is 17.2 Å². The van der Waals surface area contributed by atoms with Gasteiger partial charge in [0.1, 0.15) is 5.75 Å². The summed E-state index contributed by atoms with van der Waals surface area (Å²) in [6, 6.07) is 8.27. The SMILES string of the molecule is O=C(COc1ccc(Cl)cc1Cl)NN=Cc1cc2c(cc1Br)OCO2. The van der Waals surface area contributed by atoms with Crippen LogP contribution < -0.4 is 19.6 Å². The second kappa shape index (κ2) is 7.95. The molecule has 0 fully saturated rings. The molecule has 0 unspecified atom stereocenters. The standard InChI is InChI=1S/C16H11BrCl2N2O4/c17-11-5-15-14(24-8-25-15)3-9(11)6-20-21-16(22)7-23-13-2-1-10(18)4-12(13)19/h1-6H,7-8H2,(H,21,22). The van der Waals surface area contributed by atoms with Crippen molar-refractivity contribution in [2.24, 2.45) is 5.10 Å². The molecule has 2 aromatic carbocycles. The zero-order valence-corrected chi connectivity index (χ0v) is 15.7. The molecule has 0 spiro atoms. The van der Waals surface area contributed by atoms with Gasteiger partial charge in [-0.25, -0.2) is 5.43 Å². The second-order valence-electron chi connectivity index (χ2n) is 4.88. The fraction of sp³-hybridized carbons (Fsp3) is 0.125. The average Bonchev–Trinajstić information content (AvgIpc) is 3.01. The van der Waals surface area contributed by atoms with Gasteiger partial charge >= 0.3 is 0 Å². The lowest BCUT2D eigenvalue weighted by molar-refractivity contribution is -0.123. The van der Waals surface area contributed by atoms with E-state index in [1.165, 1.54) is 12.3 Å². The minimum absolute atomic E-state index is 0.184. The van der Waals surface area contributed by atoms with Crippen molar-refractivity contribution in [3.05, 3.63) is 50.4 Å². The Morgan fingerprint density at radius 3 is 2.80 bits per heavy atom. The van der Waals surface area contributed by atoms with Crippen molar-refractivity contribution in [2.45, 2.75) is 0 Å². The zero-order valence-electron chi connectivity index (χ0n) is 12.6. The van der Waals surface area contributed by atoms with Crippen molar-refractivity contribution in [1.29, 1.82) is 0 Å². The van der Waals surface area contributed by atoms with Gasteiger partial charge < -0.3 is 14.2 Å². The largest absolute Gasteiger partial charge is 0.482 e. The summed E-state index contributed by atoms with van der Waals surface area (Å²) in [5.41, 5.74) is 3.10. The Bertz CT molecular complexity index is 845. The Kier molecular flexibility index (Phi) is 5.67. The number of fused-ring (bicyclic) bond motifs is 1. The van der Waals surface area contributed by atoms with E-state index in [2.05, 4.69) is 26.5 Å². The van der Waals surface area contributed by atoms with Crippen LogP contribution in [0.15, 0.2) is 39.9 Å². The summed E-state index contributed by atoms with van der Waals surface area (Å²) in [7, 11) is 0. The van der Waals surface area contributed by atoms with Crippen LogP contribution in [-0.2, 0) is 4.79 Å². The van der Waals surface area contributed by atoms with Gasteiger partial charge in [0.2, 0.25) is 6.79 Å². The summed E-state index contributed by atoms with van der Waals surface area (Å²) in [4.78, 5) is 11.8. The highest BCUT2D eigenvalue weighted by molar-refractivity contribution is 9.10. The van der Waals surface area contributed by atoms with Crippen LogP contribution in [-0.4, -0.2) is 25.5 Å². The summed E-state index contributed by atoms with van der Waals surface area (Å²) >= 11 is 15.2. The number of rotatable bonds is 5. The number of hydrazone groups is 1. The van der Waals surface area contributed by atoms with E-state index in [-0.39, 0.29) is 13.4 Å². The van der Waals surface area contributed by atoms with Crippen molar-refractivity contribution in [3.63, 3.8) is 0 Å². The van der Waals surface area contributed by atoms with Crippen LogP contribution in [0.1, 0.15) is 5.56 Å². The first-order chi connectivity index (χ1) is 12.0. The summed E-state index contributed by atoms with van der Waals surface area (Å²) in [5, 5.41) is 4.71. The number of ether oxygens (including phenoxy) is 3. The Hall–Kier alpha value is -1.96. The lowest BCUT2D eigenvalue weighted by Gasteiger charge is -2.07. The number of amides is 1. The van der Waals surface area contributed by atoms with E-state index in [1.54, 1.807) is 24.3 Å². The molecule has 1 amide bonds. The van der Waals surface area contributed by atoms with Crippen molar-refractivity contribution >= 4 is 51.3 Å². The predicted molar refractivity (Wildman–Crippen MR) is 98.0 cm³/mol. The quantitative estimate of drug-likeness (QED) is 0.557. The average molecular weight is 446 g/mol. The van der Waals surface area contributed by atoms with Crippen LogP contribution in [0.25, 0.3) is 0 Å². The maximum Gasteiger partial charge on any atom is 0.277 e. The van der Waals surface area contributed by atoms with Gasteiger partial charge in [-0.2, -0.15) is 5.10 Å². The topological polar surface area (TPSA) is 69.2 Å². The number of nitrogens with one attached hydrogen (secondary N) is 1. The first-order valence-electron chi connectivity index (χ1n) is 7.02. The molecule has 1 N–H and O–H groups in total. The molecule has 2 aromatic rings. The minimum Gasteiger partial charge on any atom is -0.482 e. The van der Waals surface area contributed by atoms with Crippen LogP contribution in [0.4, 0.5) is 0 Å². The van der Waals surface area contributed by atoms with Gasteiger partial charge in [-0.05, 0) is 46.3 Å². The molecule has 130 valence electrons. The maximum atomic E-state index is 11.8. The van der Waals surface area contributed by atoms with Gasteiger partial charge in [-0.1, -0.05) is 23.2 Å². The molecule has 9 heteroatoms. The minimum atomic E-state index is -0.431. The molecule has 0 saturated heterocycles. The molecular formula is C16H11BrCl2N2O4. The van der Waals surface area contributed by atoms with Gasteiger partial charge in [0.25, 0.3) is 5.91 Å². The smallest absolute Gasteiger partial charge is 0.277 e. The van der Waals surface area contributed by atoms with E-state index < -0.39 is 5.91 Å². The van der Waals surface area contributed by atoms with Crippen molar-refractivity contribution in [1.82, 2.24) is 5.43 Å². The van der Waals surface area contributed by atoms with E-state index in [4.69, 9.17) is 37.4 Å². The van der Waals surface area contributed by atoms with Crippen molar-refractivity contribution in [3.8, 4) is 17.2 Å². The number of carbonyl (C=O) groups excluding carboxylic acids is 1. The number of benzene rings is 2. The predicted octanol–water partition coefficient (Wildman–Crippen LogP) is 4.01. The van der Waals surface area contributed by atoms with E-state index in [1.807, 2.05) is 0 Å². The lowest BCUT2D eigenvalue weighted by Crippen LogP contribution is -2.24. The van der Waals surface area contributed by atoms with Gasteiger partial charge in [0.15, 0.2) is 18.1 Å². The molecule has 0 saturated carbocycles. The fourth-order valence-corrected chi connectivity index (χ4v) is 2.86. The first-order valence-corrected chi connectivity index (χ1v) is 8.57. The molecule has 0 radical (unpaired) electrons. The van der Waals surface area contributed by atoms with Gasteiger partial charge in [-0.15, -0.1) is 0 Å². The molecule has 1 aliphatic heterocycles. The highest BCUT2D eigenvalue weighted by Crippen LogP contribution is 2.36. The monoisotopic (exact) mass is 444 g/mol. The molecule has 3 rings (SSSR count). The number of carbonyl (C=O) groups is 1. The van der Waals surface area contributed by atoms with Crippen LogP contribution in [0, 0.1) is 0 Å². The van der Waals surface area contributed by atoms with E-state index in [0.717, 1.165) is 10.0 Å². The molecule has 6 nitrogen and oxygen atoms in total. The van der Waals surface area contributed by atoms with E-state index >= 15 is 0 Å². The van der Waals surface area contributed by atoms with E-state index in [0.29, 0.717) is 27.3 Å². The van der Waals surface area contributed by atoms with Crippen LogP contribution in [0.2, 0.25) is 10.0 Å². The van der Waals surface area contributed by atoms with Crippen LogP contribution >= 0.6 is 39.1 Å². The summed E-state index contributed by atoms with van der Waals surface area (Å²) in [6.45, 7) is -0.0509. The summed E-state index contributed by atoms with van der Waals surface area (Å²) in [5.74, 6) is 1.21. The summed E-state index contributed by atoms with van der Waals surface area (Å²) < 4.78 is 16.6. The lowest BCUT2D eigenvalue weighted by atomic mass is 10.2. The van der Waals surface area contributed by atoms with E-state index in [9.17, 15) is 4.79 Å². The summed E-state index contributed by atoms with van der Waals surface area (Å²) in [6.07, 6.45) is 1.49. The number of hydrogen-bond donors (Lipinski definition) is 1. The van der Waals surface area contributed by atoms with Gasteiger partial charge in [-0.3, -0.25) is 4.79 Å². The third-order valence-corrected chi connectivity index (χ3v) is 4.35. The molecular weight excluding hydrogens is 435 g/mol. The Labute approximate surface area is 161 Å². The molecule has 1 aliphatic rings. The normalized spacial score (nSPS) is 12.4. The van der Waals surface area contributed by atoms with Gasteiger partial charge in [0, 0.05) is 15.1 Å². The van der Waals surface area contributed by atoms with Gasteiger partial charge in [0.05, 0.1) is 11.2 Å². The molecule has 25 heavy (non-hydrogen) atoms. The van der Waals surface area contributed by atoms with Crippen LogP contribution in [0.3, 0.4) is 0 Å². The molecule has 0 atom stereocenters. The number of halogens is 3. The maximum absolute atomic E-state index is 11.8. The fourth-order valence-electron chi connectivity index (χ4n) is 1.97. The highest BCUT2D eigenvalue weighted by Gasteiger charge is 2.15. The Morgan fingerprint density at radius 2 is 2.04 bits per heavy atom. The number of nitrogens with zero attached hydrogens (tertiary/aromatic N) is 1. The van der Waals surface area contributed by atoms with Crippen molar-refractivity contribution in [2.75, 3.05) is 13.4 Å². The molecule has 0 aromatic heterocycles. The number of hydrogen-bond acceptors (Lipinski definition) is 5. The highest BCUT2D eigenvalue weighted by atomic mass is 79.9. The molecule has 0 aliphatic carbocycles. The Morgan fingerprint density at radius 1 is 1.28 bits per heavy atom. The third kappa shape index (κ3) is 4.56. The van der Waals surface area contributed by atoms with Crippen molar-refractivity contribution < 1.29 is 19.0 Å². The first kappa shape index (κ1) is 17.8.